The molecule has 0 saturated carbocycles. The lowest BCUT2D eigenvalue weighted by atomic mass is 10.0. The van der Waals surface area contributed by atoms with Gasteiger partial charge >= 0.3 is 0 Å². The van der Waals surface area contributed by atoms with Gasteiger partial charge in [-0.05, 0) is 24.1 Å². The summed E-state index contributed by atoms with van der Waals surface area (Å²) < 4.78 is 36.6. The molecule has 3 atom stereocenters. The van der Waals surface area contributed by atoms with Gasteiger partial charge in [-0.2, -0.15) is 0 Å². The summed E-state index contributed by atoms with van der Waals surface area (Å²) in [6.07, 6.45) is 0.0635. The molecule has 5 nitrogen and oxygen atoms in total. The number of amides is 1. The van der Waals surface area contributed by atoms with E-state index in [0.29, 0.717) is 18.6 Å². The Bertz CT molecular complexity index is 513. The average Bonchev–Trinajstić information content (AvgIpc) is 2.90. The molecule has 0 radical (unpaired) electrons. The van der Waals surface area contributed by atoms with Crippen LogP contribution in [-0.2, 0) is 14.3 Å². The number of ether oxygens (including phenoxy) is 2. The first kappa shape index (κ1) is 15.8. The van der Waals surface area contributed by atoms with Crippen molar-refractivity contribution >= 4 is 5.91 Å². The van der Waals surface area contributed by atoms with Crippen LogP contribution in [-0.4, -0.2) is 38.3 Å². The van der Waals surface area contributed by atoms with Gasteiger partial charge in [-0.1, -0.05) is 6.07 Å². The van der Waals surface area contributed by atoms with Crippen LogP contribution >= 0.6 is 0 Å². The summed E-state index contributed by atoms with van der Waals surface area (Å²) in [7, 11) is 1.45. The van der Waals surface area contributed by atoms with Crippen molar-refractivity contribution in [2.75, 3.05) is 20.3 Å². The zero-order chi connectivity index (χ0) is 15.4. The first-order valence-corrected chi connectivity index (χ1v) is 6.64. The predicted octanol–water partition coefficient (Wildman–Crippen LogP) is 0.885. The summed E-state index contributed by atoms with van der Waals surface area (Å²) in [5.41, 5.74) is 6.13. The number of nitrogens with one attached hydrogen (secondary N) is 1. The number of carbonyl (C=O) groups is 1. The molecule has 116 valence electrons. The Morgan fingerprint density at radius 3 is 2.95 bits per heavy atom. The Labute approximate surface area is 121 Å². The largest absolute Gasteiger partial charge is 0.383 e. The van der Waals surface area contributed by atoms with Crippen LogP contribution in [0.1, 0.15) is 18.1 Å². The van der Waals surface area contributed by atoms with E-state index in [-0.39, 0.29) is 18.6 Å². The van der Waals surface area contributed by atoms with Crippen molar-refractivity contribution in [3.8, 4) is 0 Å². The van der Waals surface area contributed by atoms with Crippen molar-refractivity contribution in [3.63, 3.8) is 0 Å². The topological polar surface area (TPSA) is 73.6 Å². The van der Waals surface area contributed by atoms with Crippen molar-refractivity contribution in [2.45, 2.75) is 24.6 Å². The second kappa shape index (κ2) is 6.93. The maximum absolute atomic E-state index is 13.3. The van der Waals surface area contributed by atoms with Crippen LogP contribution in [0.15, 0.2) is 18.2 Å². The van der Waals surface area contributed by atoms with Crippen LogP contribution < -0.4 is 11.1 Å². The van der Waals surface area contributed by atoms with Gasteiger partial charge in [0, 0.05) is 13.7 Å². The highest BCUT2D eigenvalue weighted by Gasteiger charge is 2.32. The number of hydrogen-bond acceptors (Lipinski definition) is 4. The molecule has 1 fully saturated rings. The Morgan fingerprint density at radius 1 is 1.52 bits per heavy atom. The molecule has 3 unspecified atom stereocenters. The van der Waals surface area contributed by atoms with Crippen molar-refractivity contribution in [1.29, 1.82) is 0 Å². The van der Waals surface area contributed by atoms with E-state index >= 15 is 0 Å². The molecule has 1 aromatic carbocycles. The summed E-state index contributed by atoms with van der Waals surface area (Å²) in [5, 5.41) is 2.76. The summed E-state index contributed by atoms with van der Waals surface area (Å²) in [6, 6.07) is 2.47. The molecule has 21 heavy (non-hydrogen) atoms. The first-order valence-electron chi connectivity index (χ1n) is 6.64. The maximum atomic E-state index is 13.3. The zero-order valence-corrected chi connectivity index (χ0v) is 11.6. The minimum absolute atomic E-state index is 0.106. The number of methoxy groups -OCH3 is 1. The first-order chi connectivity index (χ1) is 10.0. The standard InChI is InChI=1S/C14H18F2N2O3/c1-20-7-11(17)14(19)18-12-4-5-21-13(12)8-2-3-9(15)10(16)6-8/h2-3,6,11-13H,4-5,7,17H2,1H3,(H,18,19). The number of carbonyl (C=O) groups excluding carboxylic acids is 1. The van der Waals surface area contributed by atoms with Gasteiger partial charge in [-0.3, -0.25) is 4.79 Å². The number of benzene rings is 1. The van der Waals surface area contributed by atoms with E-state index in [9.17, 15) is 13.6 Å². The molecule has 1 aliphatic rings. The molecule has 1 amide bonds. The average molecular weight is 300 g/mol. The second-order valence-corrected chi connectivity index (χ2v) is 4.93. The summed E-state index contributed by atoms with van der Waals surface area (Å²) >= 11 is 0. The van der Waals surface area contributed by atoms with Crippen LogP contribution in [0.25, 0.3) is 0 Å². The van der Waals surface area contributed by atoms with Gasteiger partial charge in [0.1, 0.15) is 12.1 Å². The van der Waals surface area contributed by atoms with Crippen LogP contribution in [0, 0.1) is 11.6 Å². The van der Waals surface area contributed by atoms with Gasteiger partial charge in [-0.15, -0.1) is 0 Å². The zero-order valence-electron chi connectivity index (χ0n) is 11.6. The number of halogens is 2. The van der Waals surface area contributed by atoms with E-state index < -0.39 is 23.8 Å². The molecule has 0 bridgehead atoms. The third kappa shape index (κ3) is 3.75. The molecule has 0 spiro atoms. The van der Waals surface area contributed by atoms with Crippen molar-refractivity contribution in [2.24, 2.45) is 5.73 Å². The predicted molar refractivity (Wildman–Crippen MR) is 71.5 cm³/mol. The van der Waals surface area contributed by atoms with E-state index in [4.69, 9.17) is 15.2 Å². The van der Waals surface area contributed by atoms with Gasteiger partial charge in [0.05, 0.1) is 12.6 Å². The molecule has 1 aromatic rings. The van der Waals surface area contributed by atoms with Crippen LogP contribution in [0.3, 0.4) is 0 Å². The van der Waals surface area contributed by atoms with Crippen molar-refractivity contribution in [3.05, 3.63) is 35.4 Å². The number of hydrogen-bond donors (Lipinski definition) is 2. The van der Waals surface area contributed by atoms with Gasteiger partial charge in [-0.25, -0.2) is 8.78 Å². The lowest BCUT2D eigenvalue weighted by Gasteiger charge is -2.22. The number of rotatable bonds is 5. The fourth-order valence-corrected chi connectivity index (χ4v) is 2.30. The normalized spacial score (nSPS) is 23.0. The molecule has 1 aliphatic heterocycles. The summed E-state index contributed by atoms with van der Waals surface area (Å²) in [6.45, 7) is 0.531. The molecule has 0 aliphatic carbocycles. The highest BCUT2D eigenvalue weighted by atomic mass is 19.2. The molecule has 2 rings (SSSR count). The van der Waals surface area contributed by atoms with Gasteiger partial charge in [0.2, 0.25) is 5.91 Å². The fraction of sp³-hybridized carbons (Fsp3) is 0.500. The van der Waals surface area contributed by atoms with Crippen LogP contribution in [0.2, 0.25) is 0 Å². The van der Waals surface area contributed by atoms with Crippen molar-refractivity contribution in [1.82, 2.24) is 5.32 Å². The lowest BCUT2D eigenvalue weighted by molar-refractivity contribution is -0.124. The molecule has 7 heteroatoms. The van der Waals surface area contributed by atoms with E-state index in [1.807, 2.05) is 0 Å². The molecule has 3 N–H and O–H groups in total. The monoisotopic (exact) mass is 300 g/mol. The van der Waals surface area contributed by atoms with Crippen molar-refractivity contribution < 1.29 is 23.0 Å². The van der Waals surface area contributed by atoms with Gasteiger partial charge in [0.25, 0.3) is 0 Å². The molecule has 1 saturated heterocycles. The third-order valence-corrected chi connectivity index (χ3v) is 3.37. The molecular formula is C14H18F2N2O3. The highest BCUT2D eigenvalue weighted by Crippen LogP contribution is 2.30. The van der Waals surface area contributed by atoms with Crippen LogP contribution in [0.4, 0.5) is 8.78 Å². The maximum Gasteiger partial charge on any atom is 0.239 e. The third-order valence-electron chi connectivity index (χ3n) is 3.37. The Hall–Kier alpha value is -1.57. The quantitative estimate of drug-likeness (QED) is 0.847. The van der Waals surface area contributed by atoms with Crippen LogP contribution in [0.5, 0.6) is 0 Å². The minimum atomic E-state index is -0.941. The molecule has 0 aromatic heterocycles. The van der Waals surface area contributed by atoms with Gasteiger partial charge in [0.15, 0.2) is 11.6 Å². The fourth-order valence-electron chi connectivity index (χ4n) is 2.30. The second-order valence-electron chi connectivity index (χ2n) is 4.93. The Kier molecular flexibility index (Phi) is 5.22. The van der Waals surface area contributed by atoms with E-state index in [2.05, 4.69) is 5.32 Å². The molecular weight excluding hydrogens is 282 g/mol. The van der Waals surface area contributed by atoms with Gasteiger partial charge < -0.3 is 20.5 Å². The SMILES string of the molecule is COCC(N)C(=O)NC1CCOC1c1ccc(F)c(F)c1. The Balaban J connectivity index is 2.06. The smallest absolute Gasteiger partial charge is 0.239 e. The minimum Gasteiger partial charge on any atom is -0.383 e. The van der Waals surface area contributed by atoms with E-state index in [1.165, 1.54) is 13.2 Å². The summed E-state index contributed by atoms with van der Waals surface area (Å²) in [5.74, 6) is -2.22. The summed E-state index contributed by atoms with van der Waals surface area (Å²) in [4.78, 5) is 11.9. The number of nitrogens with two attached hydrogens (primary N) is 1. The van der Waals surface area contributed by atoms with E-state index in [1.54, 1.807) is 0 Å². The van der Waals surface area contributed by atoms with E-state index in [0.717, 1.165) is 12.1 Å². The Morgan fingerprint density at radius 2 is 2.29 bits per heavy atom. The highest BCUT2D eigenvalue weighted by molar-refractivity contribution is 5.82. The molecule has 1 heterocycles. The lowest BCUT2D eigenvalue weighted by Crippen LogP contribution is -2.48.